The Balaban J connectivity index is 1.26. The first-order valence-electron chi connectivity index (χ1n) is 10.0. The first kappa shape index (κ1) is 19.5. The highest BCUT2D eigenvalue weighted by molar-refractivity contribution is 5.33. The number of ether oxygens (including phenoxy) is 1. The molecule has 0 amide bonds. The summed E-state index contributed by atoms with van der Waals surface area (Å²) in [5.74, 6) is 1.52. The molecule has 152 valence electrons. The van der Waals surface area contributed by atoms with E-state index in [-0.39, 0.29) is 5.75 Å². The van der Waals surface area contributed by atoms with Gasteiger partial charge in [0.05, 0.1) is 0 Å². The van der Waals surface area contributed by atoms with Gasteiger partial charge in [-0.2, -0.15) is 0 Å². The molecule has 0 unspecified atom stereocenters. The first-order chi connectivity index (χ1) is 14.2. The van der Waals surface area contributed by atoms with Crippen molar-refractivity contribution in [1.82, 2.24) is 20.1 Å². The number of benzene rings is 2. The minimum absolute atomic E-state index is 0.140. The SMILES string of the molecule is Fc1cc(F)cc(Oc2ccc(CNCCc3nnc4n3CCCCC4)cc2)c1. The third kappa shape index (κ3) is 5.17. The molecule has 4 rings (SSSR count). The van der Waals surface area contributed by atoms with Crippen LogP contribution in [0.25, 0.3) is 0 Å². The van der Waals surface area contributed by atoms with Gasteiger partial charge in [-0.05, 0) is 30.5 Å². The molecule has 1 aliphatic heterocycles. The van der Waals surface area contributed by atoms with Gasteiger partial charge in [-0.1, -0.05) is 18.6 Å². The van der Waals surface area contributed by atoms with Gasteiger partial charge in [-0.15, -0.1) is 10.2 Å². The second kappa shape index (κ2) is 9.13. The summed E-state index contributed by atoms with van der Waals surface area (Å²) in [6.07, 6.45) is 5.53. The fourth-order valence-electron chi connectivity index (χ4n) is 3.56. The maximum atomic E-state index is 13.2. The van der Waals surface area contributed by atoms with Crippen molar-refractivity contribution >= 4 is 0 Å². The van der Waals surface area contributed by atoms with E-state index in [0.29, 0.717) is 5.75 Å². The van der Waals surface area contributed by atoms with E-state index in [4.69, 9.17) is 4.74 Å². The number of nitrogens with one attached hydrogen (secondary N) is 1. The quantitative estimate of drug-likeness (QED) is 0.599. The van der Waals surface area contributed by atoms with Crippen LogP contribution in [0.4, 0.5) is 8.78 Å². The zero-order valence-electron chi connectivity index (χ0n) is 16.2. The number of aromatic nitrogens is 3. The van der Waals surface area contributed by atoms with Crippen molar-refractivity contribution < 1.29 is 13.5 Å². The predicted molar refractivity (Wildman–Crippen MR) is 106 cm³/mol. The topological polar surface area (TPSA) is 52.0 Å². The van der Waals surface area contributed by atoms with Crippen LogP contribution in [0, 0.1) is 11.6 Å². The molecule has 0 radical (unpaired) electrons. The van der Waals surface area contributed by atoms with E-state index < -0.39 is 11.6 Å². The van der Waals surface area contributed by atoms with E-state index in [0.717, 1.165) is 67.9 Å². The van der Waals surface area contributed by atoms with Gasteiger partial charge >= 0.3 is 0 Å². The molecule has 0 saturated heterocycles. The molecule has 1 N–H and O–H groups in total. The lowest BCUT2D eigenvalue weighted by Gasteiger charge is -2.09. The summed E-state index contributed by atoms with van der Waals surface area (Å²) in [6, 6.07) is 10.6. The van der Waals surface area contributed by atoms with Gasteiger partial charge in [-0.25, -0.2) is 8.78 Å². The summed E-state index contributed by atoms with van der Waals surface area (Å²) in [7, 11) is 0. The van der Waals surface area contributed by atoms with Crippen molar-refractivity contribution in [2.45, 2.75) is 45.2 Å². The first-order valence-corrected chi connectivity index (χ1v) is 10.0. The molecule has 0 bridgehead atoms. The molecular formula is C22H24F2N4O. The van der Waals surface area contributed by atoms with Gasteiger partial charge in [0, 0.05) is 50.7 Å². The summed E-state index contributed by atoms with van der Waals surface area (Å²) in [5.41, 5.74) is 1.10. The average Bonchev–Trinajstić information content (AvgIpc) is 2.92. The lowest BCUT2D eigenvalue weighted by atomic mass is 10.2. The Hall–Kier alpha value is -2.80. The van der Waals surface area contributed by atoms with Gasteiger partial charge in [0.15, 0.2) is 0 Å². The fraction of sp³-hybridized carbons (Fsp3) is 0.364. The number of hydrogen-bond acceptors (Lipinski definition) is 4. The molecule has 29 heavy (non-hydrogen) atoms. The van der Waals surface area contributed by atoms with Crippen molar-refractivity contribution in [3.63, 3.8) is 0 Å². The van der Waals surface area contributed by atoms with E-state index in [2.05, 4.69) is 20.1 Å². The maximum absolute atomic E-state index is 13.2. The normalized spacial score (nSPS) is 13.7. The fourth-order valence-corrected chi connectivity index (χ4v) is 3.56. The molecule has 0 atom stereocenters. The van der Waals surface area contributed by atoms with Crippen LogP contribution in [0.2, 0.25) is 0 Å². The highest BCUT2D eigenvalue weighted by Gasteiger charge is 2.14. The van der Waals surface area contributed by atoms with Crippen molar-refractivity contribution in [2.75, 3.05) is 6.54 Å². The molecule has 1 aromatic heterocycles. The summed E-state index contributed by atoms with van der Waals surface area (Å²) in [5, 5.41) is 12.1. The molecule has 5 nitrogen and oxygen atoms in total. The van der Waals surface area contributed by atoms with Crippen molar-refractivity contribution in [2.24, 2.45) is 0 Å². The molecule has 1 aliphatic rings. The largest absolute Gasteiger partial charge is 0.457 e. The van der Waals surface area contributed by atoms with E-state index in [1.54, 1.807) is 12.1 Å². The second-order valence-corrected chi connectivity index (χ2v) is 7.27. The van der Waals surface area contributed by atoms with Crippen molar-refractivity contribution in [1.29, 1.82) is 0 Å². The Morgan fingerprint density at radius 2 is 1.72 bits per heavy atom. The summed E-state index contributed by atoms with van der Waals surface area (Å²) in [6.45, 7) is 2.56. The molecule has 0 fully saturated rings. The van der Waals surface area contributed by atoms with Crippen LogP contribution in [0.1, 0.15) is 36.5 Å². The molecule has 2 heterocycles. The van der Waals surface area contributed by atoms with Crippen LogP contribution in [0.15, 0.2) is 42.5 Å². The summed E-state index contributed by atoms with van der Waals surface area (Å²) < 4.78 is 34.3. The number of fused-ring (bicyclic) bond motifs is 1. The third-order valence-corrected chi connectivity index (χ3v) is 5.04. The van der Waals surface area contributed by atoms with E-state index >= 15 is 0 Å². The Morgan fingerprint density at radius 3 is 2.52 bits per heavy atom. The van der Waals surface area contributed by atoms with Gasteiger partial charge in [0.25, 0.3) is 0 Å². The van der Waals surface area contributed by atoms with Gasteiger partial charge in [-0.3, -0.25) is 0 Å². The molecule has 0 saturated carbocycles. The monoisotopic (exact) mass is 398 g/mol. The molecule has 3 aromatic rings. The van der Waals surface area contributed by atoms with E-state index in [1.807, 2.05) is 12.1 Å². The van der Waals surface area contributed by atoms with Gasteiger partial charge < -0.3 is 14.6 Å². The number of nitrogens with zero attached hydrogens (tertiary/aromatic N) is 3. The molecular weight excluding hydrogens is 374 g/mol. The van der Waals surface area contributed by atoms with E-state index in [9.17, 15) is 8.78 Å². The summed E-state index contributed by atoms with van der Waals surface area (Å²) in [4.78, 5) is 0. The maximum Gasteiger partial charge on any atom is 0.134 e. The number of halogens is 2. The minimum Gasteiger partial charge on any atom is -0.457 e. The van der Waals surface area contributed by atoms with Gasteiger partial charge in [0.2, 0.25) is 0 Å². The van der Waals surface area contributed by atoms with Crippen LogP contribution in [0.3, 0.4) is 0 Å². The van der Waals surface area contributed by atoms with Crippen molar-refractivity contribution in [3.8, 4) is 11.5 Å². The zero-order chi connectivity index (χ0) is 20.1. The Bertz CT molecular complexity index is 936. The third-order valence-electron chi connectivity index (χ3n) is 5.04. The van der Waals surface area contributed by atoms with Crippen LogP contribution >= 0.6 is 0 Å². The smallest absolute Gasteiger partial charge is 0.134 e. The lowest BCUT2D eigenvalue weighted by Crippen LogP contribution is -2.19. The summed E-state index contributed by atoms with van der Waals surface area (Å²) >= 11 is 0. The average molecular weight is 398 g/mol. The van der Waals surface area contributed by atoms with Crippen LogP contribution in [0.5, 0.6) is 11.5 Å². The van der Waals surface area contributed by atoms with E-state index in [1.165, 1.54) is 19.3 Å². The lowest BCUT2D eigenvalue weighted by molar-refractivity contribution is 0.468. The molecule has 7 heteroatoms. The highest BCUT2D eigenvalue weighted by Crippen LogP contribution is 2.23. The highest BCUT2D eigenvalue weighted by atomic mass is 19.1. The minimum atomic E-state index is -0.662. The number of rotatable bonds is 7. The molecule has 0 spiro atoms. The molecule has 2 aromatic carbocycles. The van der Waals surface area contributed by atoms with Crippen molar-refractivity contribution in [3.05, 3.63) is 71.3 Å². The standard InChI is InChI=1S/C22H24F2N4O/c23-17-12-18(24)14-20(13-17)29-19-7-5-16(6-8-19)15-25-10-9-22-27-26-21-4-2-1-3-11-28(21)22/h5-8,12-14,25H,1-4,9-11,15H2. The predicted octanol–water partition coefficient (Wildman–Crippen LogP) is 4.41. The number of hydrogen-bond donors (Lipinski definition) is 1. The van der Waals surface area contributed by atoms with Crippen LogP contribution in [-0.4, -0.2) is 21.3 Å². The van der Waals surface area contributed by atoms with Crippen LogP contribution in [-0.2, 0) is 25.9 Å². The van der Waals surface area contributed by atoms with Crippen LogP contribution < -0.4 is 10.1 Å². The Labute approximate surface area is 168 Å². The Kier molecular flexibility index (Phi) is 6.14. The second-order valence-electron chi connectivity index (χ2n) is 7.27. The zero-order valence-corrected chi connectivity index (χ0v) is 16.2. The van der Waals surface area contributed by atoms with Gasteiger partial charge in [0.1, 0.15) is 34.8 Å². The Morgan fingerprint density at radius 1 is 0.931 bits per heavy atom. The number of aryl methyl sites for hydroxylation is 1. The molecule has 0 aliphatic carbocycles.